The number of pyridine rings is 1. The Balaban J connectivity index is 1.84. The number of anilines is 1. The fraction of sp³-hybridized carbons (Fsp3) is 0.214. The first-order chi connectivity index (χ1) is 8.83. The Kier molecular flexibility index (Phi) is 2.84. The van der Waals surface area contributed by atoms with E-state index in [9.17, 15) is 4.39 Å². The number of nitrogens with one attached hydrogen (secondary N) is 1. The lowest BCUT2D eigenvalue weighted by molar-refractivity contribution is 0.274. The third-order valence-electron chi connectivity index (χ3n) is 3.03. The normalized spacial score (nSPS) is 17.7. The van der Waals surface area contributed by atoms with Crippen molar-refractivity contribution in [3.8, 4) is 5.75 Å². The van der Waals surface area contributed by atoms with Gasteiger partial charge in [-0.1, -0.05) is 18.2 Å². The van der Waals surface area contributed by atoms with Crippen LogP contribution in [0.3, 0.4) is 0 Å². The van der Waals surface area contributed by atoms with E-state index in [1.807, 2.05) is 24.3 Å². The molecule has 18 heavy (non-hydrogen) atoms. The minimum absolute atomic E-state index is 0.183. The molecule has 1 unspecified atom stereocenters. The van der Waals surface area contributed by atoms with Gasteiger partial charge in [0.05, 0.1) is 24.5 Å². The lowest BCUT2D eigenvalue weighted by atomic mass is 10.0. The van der Waals surface area contributed by atoms with Crippen LogP contribution in [0.2, 0.25) is 0 Å². The maximum Gasteiger partial charge on any atom is 0.212 e. The molecule has 2 aromatic rings. The van der Waals surface area contributed by atoms with Gasteiger partial charge in [-0.25, -0.2) is 4.98 Å². The summed E-state index contributed by atoms with van der Waals surface area (Å²) >= 11 is 0. The minimum Gasteiger partial charge on any atom is -0.493 e. The summed E-state index contributed by atoms with van der Waals surface area (Å²) in [5.41, 5.74) is 1.95. The van der Waals surface area contributed by atoms with E-state index < -0.39 is 5.95 Å². The average Bonchev–Trinajstić information content (AvgIpc) is 2.42. The van der Waals surface area contributed by atoms with Crippen molar-refractivity contribution >= 4 is 5.69 Å². The van der Waals surface area contributed by atoms with Crippen molar-refractivity contribution in [2.45, 2.75) is 12.5 Å². The number of nitrogens with zero attached hydrogens (tertiary/aromatic N) is 1. The SMILES string of the molecule is Fc1ccc(NC2CCOc3ccccc32)cn1. The summed E-state index contributed by atoms with van der Waals surface area (Å²) in [7, 11) is 0. The van der Waals surface area contributed by atoms with Crippen molar-refractivity contribution in [2.75, 3.05) is 11.9 Å². The van der Waals surface area contributed by atoms with Gasteiger partial charge in [-0.2, -0.15) is 4.39 Å². The molecule has 1 N–H and O–H groups in total. The molecular formula is C14H13FN2O. The summed E-state index contributed by atoms with van der Waals surface area (Å²) in [5.74, 6) is 0.448. The van der Waals surface area contributed by atoms with Crippen LogP contribution in [0.4, 0.5) is 10.1 Å². The van der Waals surface area contributed by atoms with Crippen LogP contribution in [0.5, 0.6) is 5.75 Å². The minimum atomic E-state index is -0.465. The van der Waals surface area contributed by atoms with Crippen LogP contribution < -0.4 is 10.1 Å². The topological polar surface area (TPSA) is 34.1 Å². The van der Waals surface area contributed by atoms with Crippen LogP contribution in [0, 0.1) is 5.95 Å². The van der Waals surface area contributed by atoms with E-state index in [0.29, 0.717) is 6.61 Å². The number of hydrogen-bond acceptors (Lipinski definition) is 3. The molecule has 92 valence electrons. The lowest BCUT2D eigenvalue weighted by Crippen LogP contribution is -2.20. The fourth-order valence-electron chi connectivity index (χ4n) is 2.15. The van der Waals surface area contributed by atoms with Crippen LogP contribution in [0.25, 0.3) is 0 Å². The second-order valence-electron chi connectivity index (χ2n) is 4.24. The Morgan fingerprint density at radius 1 is 1.22 bits per heavy atom. The number of rotatable bonds is 2. The first-order valence-corrected chi connectivity index (χ1v) is 5.93. The van der Waals surface area contributed by atoms with E-state index in [1.54, 1.807) is 6.07 Å². The molecule has 1 atom stereocenters. The number of fused-ring (bicyclic) bond motifs is 1. The summed E-state index contributed by atoms with van der Waals surface area (Å²) in [5, 5.41) is 3.36. The van der Waals surface area contributed by atoms with Crippen molar-refractivity contribution in [3.05, 3.63) is 54.1 Å². The number of halogens is 1. The molecule has 0 fully saturated rings. The van der Waals surface area contributed by atoms with E-state index in [0.717, 1.165) is 23.4 Å². The molecule has 0 spiro atoms. The molecule has 0 saturated heterocycles. The Morgan fingerprint density at radius 3 is 2.94 bits per heavy atom. The molecule has 4 heteroatoms. The summed E-state index contributed by atoms with van der Waals surface area (Å²) in [6.45, 7) is 0.684. The lowest BCUT2D eigenvalue weighted by Gasteiger charge is -2.27. The molecule has 2 heterocycles. The monoisotopic (exact) mass is 244 g/mol. The maximum atomic E-state index is 12.7. The molecule has 0 radical (unpaired) electrons. The zero-order valence-corrected chi connectivity index (χ0v) is 9.77. The van der Waals surface area contributed by atoms with Crippen LogP contribution in [0.1, 0.15) is 18.0 Å². The summed E-state index contributed by atoms with van der Waals surface area (Å²) in [6, 6.07) is 11.2. The van der Waals surface area contributed by atoms with Crippen molar-refractivity contribution < 1.29 is 9.13 Å². The molecule has 0 aliphatic carbocycles. The van der Waals surface area contributed by atoms with Gasteiger partial charge in [0.15, 0.2) is 0 Å². The van der Waals surface area contributed by atoms with Crippen molar-refractivity contribution in [3.63, 3.8) is 0 Å². The van der Waals surface area contributed by atoms with E-state index in [1.165, 1.54) is 12.3 Å². The predicted molar refractivity (Wildman–Crippen MR) is 67.1 cm³/mol. The highest BCUT2D eigenvalue weighted by atomic mass is 19.1. The van der Waals surface area contributed by atoms with Crippen LogP contribution in [0.15, 0.2) is 42.6 Å². The predicted octanol–water partition coefficient (Wildman–Crippen LogP) is 3.16. The molecule has 1 aromatic heterocycles. The number of para-hydroxylation sites is 1. The smallest absolute Gasteiger partial charge is 0.212 e. The van der Waals surface area contributed by atoms with Crippen molar-refractivity contribution in [1.29, 1.82) is 0 Å². The summed E-state index contributed by atoms with van der Waals surface area (Å²) in [6.07, 6.45) is 2.39. The molecule has 3 nitrogen and oxygen atoms in total. The van der Waals surface area contributed by atoms with Crippen molar-refractivity contribution in [2.24, 2.45) is 0 Å². The van der Waals surface area contributed by atoms with E-state index in [2.05, 4.69) is 10.3 Å². The van der Waals surface area contributed by atoms with Gasteiger partial charge >= 0.3 is 0 Å². The zero-order valence-electron chi connectivity index (χ0n) is 9.77. The van der Waals surface area contributed by atoms with Gasteiger partial charge in [0, 0.05) is 12.0 Å². The molecule has 0 amide bonds. The van der Waals surface area contributed by atoms with Crippen LogP contribution in [-0.4, -0.2) is 11.6 Å². The highest BCUT2D eigenvalue weighted by Gasteiger charge is 2.20. The zero-order chi connectivity index (χ0) is 12.4. The van der Waals surface area contributed by atoms with E-state index in [4.69, 9.17) is 4.74 Å². The van der Waals surface area contributed by atoms with Gasteiger partial charge in [0.25, 0.3) is 0 Å². The molecule has 0 bridgehead atoms. The number of aromatic nitrogens is 1. The van der Waals surface area contributed by atoms with Gasteiger partial charge in [0.2, 0.25) is 5.95 Å². The van der Waals surface area contributed by atoms with Gasteiger partial charge in [0.1, 0.15) is 5.75 Å². The quantitative estimate of drug-likeness (QED) is 0.824. The van der Waals surface area contributed by atoms with Crippen LogP contribution in [-0.2, 0) is 0 Å². The fourth-order valence-corrected chi connectivity index (χ4v) is 2.15. The number of hydrogen-bond donors (Lipinski definition) is 1. The van der Waals surface area contributed by atoms with Gasteiger partial charge < -0.3 is 10.1 Å². The Morgan fingerprint density at radius 2 is 2.11 bits per heavy atom. The first kappa shape index (κ1) is 11.0. The summed E-state index contributed by atoms with van der Waals surface area (Å²) in [4.78, 5) is 3.64. The first-order valence-electron chi connectivity index (χ1n) is 5.93. The van der Waals surface area contributed by atoms with Gasteiger partial charge in [-0.15, -0.1) is 0 Å². The number of benzene rings is 1. The Bertz CT molecular complexity index is 542. The highest BCUT2D eigenvalue weighted by Crippen LogP contribution is 2.33. The largest absolute Gasteiger partial charge is 0.493 e. The molecule has 0 saturated carbocycles. The molecule has 1 aliphatic rings. The Labute approximate surface area is 105 Å². The molecular weight excluding hydrogens is 231 g/mol. The molecule has 1 aromatic carbocycles. The van der Waals surface area contributed by atoms with Gasteiger partial charge in [-0.3, -0.25) is 0 Å². The molecule has 3 rings (SSSR count). The highest BCUT2D eigenvalue weighted by molar-refractivity contribution is 5.47. The van der Waals surface area contributed by atoms with Crippen molar-refractivity contribution in [1.82, 2.24) is 4.98 Å². The Hall–Kier alpha value is -2.10. The third-order valence-corrected chi connectivity index (χ3v) is 3.03. The second-order valence-corrected chi connectivity index (χ2v) is 4.24. The molecule has 1 aliphatic heterocycles. The summed E-state index contributed by atoms with van der Waals surface area (Å²) < 4.78 is 18.3. The third kappa shape index (κ3) is 2.14. The number of ether oxygens (including phenoxy) is 1. The van der Waals surface area contributed by atoms with Crippen LogP contribution >= 0.6 is 0 Å². The second kappa shape index (κ2) is 4.64. The van der Waals surface area contributed by atoms with Gasteiger partial charge in [-0.05, 0) is 18.2 Å². The standard InChI is InChI=1S/C14H13FN2O/c15-14-6-5-10(9-16-14)17-12-7-8-18-13-4-2-1-3-11(12)13/h1-6,9,12,17H,7-8H2. The van der Waals surface area contributed by atoms with E-state index in [-0.39, 0.29) is 6.04 Å². The van der Waals surface area contributed by atoms with E-state index >= 15 is 0 Å². The maximum absolute atomic E-state index is 12.7. The average molecular weight is 244 g/mol.